The van der Waals surface area contributed by atoms with E-state index in [9.17, 15) is 4.79 Å². The number of carbonyl (C=O) groups excluding carboxylic acids is 1. The molecule has 0 aliphatic carbocycles. The maximum absolute atomic E-state index is 11.5. The average Bonchev–Trinajstić information content (AvgIpc) is 2.66. The molecule has 0 atom stereocenters. The molecule has 0 aliphatic rings. The summed E-state index contributed by atoms with van der Waals surface area (Å²) in [7, 11) is 0. The Morgan fingerprint density at radius 3 is 2.69 bits per heavy atom. The van der Waals surface area contributed by atoms with Gasteiger partial charge in [-0.1, -0.05) is 0 Å². The number of furan rings is 1. The van der Waals surface area contributed by atoms with Crippen LogP contribution in [-0.2, 0) is 0 Å². The molecule has 0 amide bonds. The summed E-state index contributed by atoms with van der Waals surface area (Å²) in [5.41, 5.74) is 0. The molecule has 1 rings (SSSR count). The Labute approximate surface area is 86.5 Å². The van der Waals surface area contributed by atoms with Crippen molar-refractivity contribution in [3.8, 4) is 0 Å². The number of hydrogen-bond acceptors (Lipinski definition) is 4. The van der Waals surface area contributed by atoms with Crippen molar-refractivity contribution < 1.29 is 9.21 Å². The molecule has 1 aromatic rings. The van der Waals surface area contributed by atoms with Crippen LogP contribution in [0.3, 0.4) is 0 Å². The van der Waals surface area contributed by atoms with E-state index in [-0.39, 0.29) is 5.78 Å². The molecule has 13 heavy (non-hydrogen) atoms. The summed E-state index contributed by atoms with van der Waals surface area (Å²) < 4.78 is 5.35. The number of carbonyl (C=O) groups is 1. The minimum Gasteiger partial charge on any atom is -0.461 e. The highest BCUT2D eigenvalue weighted by Gasteiger charge is 2.14. The van der Waals surface area contributed by atoms with E-state index in [1.165, 1.54) is 6.26 Å². The van der Waals surface area contributed by atoms with Gasteiger partial charge >= 0.3 is 0 Å². The molecule has 0 aliphatic heterocycles. The van der Waals surface area contributed by atoms with Crippen molar-refractivity contribution >= 4 is 29.3 Å². The maximum Gasteiger partial charge on any atom is 0.199 e. The van der Waals surface area contributed by atoms with Crippen LogP contribution < -0.4 is 0 Å². The van der Waals surface area contributed by atoms with E-state index in [0.717, 1.165) is 0 Å². The fraction of sp³-hybridized carbons (Fsp3) is 0.444. The molecule has 0 N–H and O–H groups in total. The minimum absolute atomic E-state index is 0.0821. The number of hydrogen-bond donors (Lipinski definition) is 0. The highest BCUT2D eigenvalue weighted by Crippen LogP contribution is 2.23. The number of Topliss-reactive ketones (excluding diaryl/α,β-unsaturated/α-hetero) is 1. The Kier molecular flexibility index (Phi) is 4.45. The van der Waals surface area contributed by atoms with E-state index in [2.05, 4.69) is 0 Å². The molecule has 2 nitrogen and oxygen atoms in total. The van der Waals surface area contributed by atoms with Crippen LogP contribution in [0.1, 0.15) is 17.0 Å². The second-order valence-corrected chi connectivity index (χ2v) is 4.88. The van der Waals surface area contributed by atoms with Crippen molar-refractivity contribution in [2.24, 2.45) is 0 Å². The van der Waals surface area contributed by atoms with E-state index >= 15 is 0 Å². The van der Waals surface area contributed by atoms with E-state index in [0.29, 0.717) is 16.8 Å². The Hall–Kier alpha value is -0.350. The maximum atomic E-state index is 11.5. The molecule has 0 saturated heterocycles. The Balaban J connectivity index is 2.50. The smallest absolute Gasteiger partial charge is 0.199 e. The highest BCUT2D eigenvalue weighted by atomic mass is 32.2. The number of ketones is 1. The molecule has 0 aromatic carbocycles. The quantitative estimate of drug-likeness (QED) is 0.559. The molecule has 0 bridgehead atoms. The van der Waals surface area contributed by atoms with Crippen LogP contribution in [-0.4, -0.2) is 22.9 Å². The van der Waals surface area contributed by atoms with Crippen LogP contribution in [0.5, 0.6) is 0 Å². The first-order valence-corrected chi connectivity index (χ1v) is 6.47. The summed E-state index contributed by atoms with van der Waals surface area (Å²) >= 11 is 3.39. The van der Waals surface area contributed by atoms with Gasteiger partial charge in [0.2, 0.25) is 0 Å². The van der Waals surface area contributed by atoms with Gasteiger partial charge in [0.05, 0.1) is 10.8 Å². The summed E-state index contributed by atoms with van der Waals surface area (Å²) in [6.45, 7) is 0. The molecule has 0 unspecified atom stereocenters. The van der Waals surface area contributed by atoms with Gasteiger partial charge in [-0.15, -0.1) is 0 Å². The lowest BCUT2D eigenvalue weighted by Crippen LogP contribution is -2.06. The molecule has 1 aromatic heterocycles. The Morgan fingerprint density at radius 2 is 2.23 bits per heavy atom. The van der Waals surface area contributed by atoms with Crippen molar-refractivity contribution in [2.75, 3.05) is 12.5 Å². The van der Waals surface area contributed by atoms with Gasteiger partial charge in [0.1, 0.15) is 0 Å². The van der Waals surface area contributed by atoms with Gasteiger partial charge in [-0.25, -0.2) is 0 Å². The van der Waals surface area contributed by atoms with Gasteiger partial charge in [-0.05, 0) is 24.6 Å². The molecule has 1 heterocycles. The zero-order chi connectivity index (χ0) is 9.68. The summed E-state index contributed by atoms with van der Waals surface area (Å²) in [4.78, 5) is 11.5. The lowest BCUT2D eigenvalue weighted by molar-refractivity contribution is 0.0961. The van der Waals surface area contributed by atoms with E-state index in [1.54, 1.807) is 35.7 Å². The van der Waals surface area contributed by atoms with Gasteiger partial charge in [0.15, 0.2) is 11.5 Å². The van der Waals surface area contributed by atoms with Crippen LogP contribution in [0.15, 0.2) is 22.8 Å². The van der Waals surface area contributed by atoms with Crippen molar-refractivity contribution in [3.05, 3.63) is 24.2 Å². The standard InChI is InChI=1S/C9H12O2S2/c1-12-9(13-2)6-7(10)8-4-3-5-11-8/h3-5,9H,6H2,1-2H3. The van der Waals surface area contributed by atoms with Crippen molar-refractivity contribution in [1.82, 2.24) is 0 Å². The Morgan fingerprint density at radius 1 is 1.54 bits per heavy atom. The summed E-state index contributed by atoms with van der Waals surface area (Å²) in [6, 6.07) is 3.44. The fourth-order valence-corrected chi connectivity index (χ4v) is 2.36. The minimum atomic E-state index is 0.0821. The highest BCUT2D eigenvalue weighted by molar-refractivity contribution is 8.16. The molecule has 4 heteroatoms. The van der Waals surface area contributed by atoms with Crippen molar-refractivity contribution in [1.29, 1.82) is 0 Å². The van der Waals surface area contributed by atoms with Crippen LogP contribution >= 0.6 is 23.5 Å². The molecular formula is C9H12O2S2. The first kappa shape index (κ1) is 10.7. The van der Waals surface area contributed by atoms with E-state index in [4.69, 9.17) is 4.42 Å². The summed E-state index contributed by atoms with van der Waals surface area (Å²) in [5, 5.41) is 0. The second kappa shape index (κ2) is 5.40. The normalized spacial score (nSPS) is 10.7. The molecule has 72 valence electrons. The first-order chi connectivity index (χ1) is 6.27. The zero-order valence-corrected chi connectivity index (χ0v) is 9.28. The largest absolute Gasteiger partial charge is 0.461 e. The number of thioether (sulfide) groups is 2. The van der Waals surface area contributed by atoms with Gasteiger partial charge in [0, 0.05) is 6.42 Å². The van der Waals surface area contributed by atoms with Gasteiger partial charge in [-0.3, -0.25) is 4.79 Å². The van der Waals surface area contributed by atoms with Crippen LogP contribution in [0.25, 0.3) is 0 Å². The first-order valence-electron chi connectivity index (χ1n) is 3.90. The van der Waals surface area contributed by atoms with Gasteiger partial charge < -0.3 is 4.42 Å². The topological polar surface area (TPSA) is 30.2 Å². The lowest BCUT2D eigenvalue weighted by atomic mass is 10.2. The third-order valence-corrected chi connectivity index (χ3v) is 4.21. The van der Waals surface area contributed by atoms with E-state index in [1.807, 2.05) is 12.5 Å². The van der Waals surface area contributed by atoms with E-state index < -0.39 is 0 Å². The molecule has 0 fully saturated rings. The average molecular weight is 216 g/mol. The predicted molar refractivity (Wildman–Crippen MR) is 58.5 cm³/mol. The summed E-state index contributed by atoms with van der Waals surface area (Å²) in [5.74, 6) is 0.548. The van der Waals surface area contributed by atoms with Crippen LogP contribution in [0.4, 0.5) is 0 Å². The van der Waals surface area contributed by atoms with Gasteiger partial charge in [0.25, 0.3) is 0 Å². The molecule has 0 saturated carbocycles. The molecule has 0 radical (unpaired) electrons. The third-order valence-electron chi connectivity index (χ3n) is 1.67. The second-order valence-electron chi connectivity index (χ2n) is 2.51. The predicted octanol–water partition coefficient (Wildman–Crippen LogP) is 2.90. The van der Waals surface area contributed by atoms with Crippen molar-refractivity contribution in [2.45, 2.75) is 11.0 Å². The zero-order valence-electron chi connectivity index (χ0n) is 7.65. The molecule has 0 spiro atoms. The lowest BCUT2D eigenvalue weighted by Gasteiger charge is -2.08. The summed E-state index contributed by atoms with van der Waals surface area (Å²) in [6.07, 6.45) is 6.09. The monoisotopic (exact) mass is 216 g/mol. The van der Waals surface area contributed by atoms with Crippen LogP contribution in [0, 0.1) is 0 Å². The van der Waals surface area contributed by atoms with Gasteiger partial charge in [-0.2, -0.15) is 23.5 Å². The molecular weight excluding hydrogens is 204 g/mol. The Bertz CT molecular complexity index is 253. The SMILES string of the molecule is CSC(CC(=O)c1ccco1)SC. The van der Waals surface area contributed by atoms with Crippen molar-refractivity contribution in [3.63, 3.8) is 0 Å². The fourth-order valence-electron chi connectivity index (χ4n) is 0.952. The number of rotatable bonds is 5. The third kappa shape index (κ3) is 3.12. The van der Waals surface area contributed by atoms with Crippen LogP contribution in [0.2, 0.25) is 0 Å².